The normalized spacial score (nSPS) is 25.5. The predicted octanol–water partition coefficient (Wildman–Crippen LogP) is 3.52. The number of piperidine rings is 1. The number of carbonyl (C=O) groups excluding carboxylic acids is 2. The number of likely N-dealkylation sites (tertiary alicyclic amines) is 1. The maximum atomic E-state index is 12.6. The number of aryl methyl sites for hydroxylation is 2. The molecule has 1 aliphatic heterocycles. The number of nitrogens with zero attached hydrogens (tertiary/aromatic N) is 5. The van der Waals surface area contributed by atoms with Gasteiger partial charge in [0.15, 0.2) is 0 Å². The molecule has 3 aliphatic rings. The number of primary amides is 1. The summed E-state index contributed by atoms with van der Waals surface area (Å²) < 4.78 is 9.21. The third-order valence-corrected chi connectivity index (χ3v) is 8.42. The van der Waals surface area contributed by atoms with Gasteiger partial charge < -0.3 is 21.1 Å². The van der Waals surface area contributed by atoms with Gasteiger partial charge in [0, 0.05) is 30.3 Å². The van der Waals surface area contributed by atoms with Crippen LogP contribution in [-0.2, 0) is 11.3 Å². The van der Waals surface area contributed by atoms with Gasteiger partial charge in [-0.15, -0.1) is 0 Å². The number of hydrogen-bond acceptors (Lipinski definition) is 6. The van der Waals surface area contributed by atoms with E-state index < -0.39 is 11.5 Å². The highest BCUT2D eigenvalue weighted by Crippen LogP contribution is 2.79. The first-order valence-electron chi connectivity index (χ1n) is 13.1. The van der Waals surface area contributed by atoms with Crippen LogP contribution in [0.2, 0.25) is 0 Å². The number of nitrogen functional groups attached to an aromatic ring is 1. The molecule has 3 heterocycles. The minimum absolute atomic E-state index is 0.0790. The molecule has 2 saturated carbocycles. The average molecular weight is 518 g/mol. The third kappa shape index (κ3) is 3.76. The first-order valence-corrected chi connectivity index (χ1v) is 13.1. The van der Waals surface area contributed by atoms with Crippen molar-refractivity contribution in [2.75, 3.05) is 18.8 Å². The molecule has 6 rings (SSSR count). The maximum absolute atomic E-state index is 12.6. The highest BCUT2D eigenvalue weighted by Gasteiger charge is 2.79. The van der Waals surface area contributed by atoms with Crippen molar-refractivity contribution in [1.29, 1.82) is 0 Å². The molecule has 2 amide bonds. The second-order valence-corrected chi connectivity index (χ2v) is 12.2. The fraction of sp³-hybridized carbons (Fsp3) is 0.500. The van der Waals surface area contributed by atoms with Crippen LogP contribution >= 0.6 is 0 Å². The van der Waals surface area contributed by atoms with E-state index in [1.165, 1.54) is 5.56 Å². The Morgan fingerprint density at radius 2 is 1.97 bits per heavy atom. The molecule has 1 saturated heterocycles. The summed E-state index contributed by atoms with van der Waals surface area (Å²) in [5, 5.41) is 9.53. The van der Waals surface area contributed by atoms with Gasteiger partial charge in [0.2, 0.25) is 0 Å². The Labute approximate surface area is 221 Å². The molecule has 4 N–H and O–H groups in total. The van der Waals surface area contributed by atoms with E-state index in [4.69, 9.17) is 21.3 Å². The summed E-state index contributed by atoms with van der Waals surface area (Å²) in [5.74, 6) is 0.466. The predicted molar refractivity (Wildman–Crippen MR) is 142 cm³/mol. The molecule has 0 radical (unpaired) electrons. The van der Waals surface area contributed by atoms with Crippen molar-refractivity contribution in [3.8, 4) is 11.3 Å². The van der Waals surface area contributed by atoms with Crippen molar-refractivity contribution in [3.63, 3.8) is 0 Å². The number of fused-ring (bicyclic) bond motifs is 1. The zero-order valence-corrected chi connectivity index (χ0v) is 22.6. The van der Waals surface area contributed by atoms with Crippen LogP contribution in [0.1, 0.15) is 60.4 Å². The quantitative estimate of drug-likeness (QED) is 0.532. The van der Waals surface area contributed by atoms with Gasteiger partial charge in [-0.25, -0.2) is 9.48 Å². The number of anilines is 1. The second kappa shape index (κ2) is 8.09. The van der Waals surface area contributed by atoms with Crippen LogP contribution in [0.4, 0.5) is 10.6 Å². The summed E-state index contributed by atoms with van der Waals surface area (Å²) in [6.45, 7) is 11.6. The summed E-state index contributed by atoms with van der Waals surface area (Å²) in [6, 6.07) is 8.36. The number of aromatic nitrogens is 4. The van der Waals surface area contributed by atoms with Gasteiger partial charge in [-0.2, -0.15) is 10.2 Å². The molecule has 1 aromatic carbocycles. The lowest BCUT2D eigenvalue weighted by atomic mass is 9.80. The summed E-state index contributed by atoms with van der Waals surface area (Å²) in [4.78, 5) is 26.9. The van der Waals surface area contributed by atoms with E-state index in [-0.39, 0.29) is 23.1 Å². The lowest BCUT2D eigenvalue weighted by Crippen LogP contribution is -2.42. The van der Waals surface area contributed by atoms with Crippen LogP contribution in [-0.4, -0.2) is 55.2 Å². The van der Waals surface area contributed by atoms with Gasteiger partial charge in [0.05, 0.1) is 18.3 Å². The van der Waals surface area contributed by atoms with Crippen molar-refractivity contribution in [2.24, 2.45) is 23.0 Å². The average Bonchev–Trinajstić information content (AvgIpc) is 3.23. The van der Waals surface area contributed by atoms with E-state index >= 15 is 0 Å². The van der Waals surface area contributed by atoms with Gasteiger partial charge in [0.1, 0.15) is 22.7 Å². The molecular weight excluding hydrogens is 482 g/mol. The van der Waals surface area contributed by atoms with Crippen molar-refractivity contribution in [2.45, 2.75) is 59.2 Å². The molecule has 1 spiro atoms. The Bertz CT molecular complexity index is 1470. The fourth-order valence-electron chi connectivity index (χ4n) is 6.81. The molecular formula is C28H35N7O3. The summed E-state index contributed by atoms with van der Waals surface area (Å²) in [5.41, 5.74) is 16.4. The number of rotatable bonds is 5. The minimum atomic E-state index is -0.601. The Hall–Kier alpha value is -3.82. The molecule has 10 heteroatoms. The Kier molecular flexibility index (Phi) is 5.22. The molecule has 2 aliphatic carbocycles. The Balaban J connectivity index is 1.23. The van der Waals surface area contributed by atoms with Gasteiger partial charge in [-0.05, 0) is 58.4 Å². The van der Waals surface area contributed by atoms with Gasteiger partial charge >= 0.3 is 6.09 Å². The fourth-order valence-corrected chi connectivity index (χ4v) is 6.81. The number of hydrogen-bond donors (Lipinski definition) is 2. The monoisotopic (exact) mass is 517 g/mol. The lowest BCUT2D eigenvalue weighted by Gasteiger charge is -2.37. The first kappa shape index (κ1) is 24.5. The van der Waals surface area contributed by atoms with Crippen LogP contribution in [0, 0.1) is 31.1 Å². The molecule has 3 aromatic rings. The Morgan fingerprint density at radius 1 is 1.21 bits per heavy atom. The van der Waals surface area contributed by atoms with Crippen molar-refractivity contribution in [3.05, 3.63) is 52.8 Å². The molecule has 10 nitrogen and oxygen atoms in total. The molecule has 2 aromatic heterocycles. The third-order valence-electron chi connectivity index (χ3n) is 8.42. The highest BCUT2D eigenvalue weighted by atomic mass is 16.6. The lowest BCUT2D eigenvalue weighted by molar-refractivity contribution is 0.0190. The van der Waals surface area contributed by atoms with Crippen molar-refractivity contribution in [1.82, 2.24) is 24.5 Å². The van der Waals surface area contributed by atoms with Crippen LogP contribution in [0.3, 0.4) is 0 Å². The molecule has 200 valence electrons. The van der Waals surface area contributed by atoms with E-state index in [1.54, 1.807) is 4.68 Å². The standard InChI is InChI=1S/C28H35N7O3/c1-15-7-6-8-17(9-15)11-34-12-18(16(2)31-34)23-21(25(30)36)24(29)35(32-23)20-10-28-14-33(13-19(28)22(20)28)26(37)38-27(3,4)5/h6-9,12,19-20,22H,10-11,13-14,29H2,1-5H3,(H2,30,36)/t19?,20-,22-,28+/m1/s1. The number of amides is 2. The van der Waals surface area contributed by atoms with Crippen molar-refractivity contribution < 1.29 is 14.3 Å². The van der Waals surface area contributed by atoms with Crippen LogP contribution < -0.4 is 11.5 Å². The molecule has 38 heavy (non-hydrogen) atoms. The molecule has 3 fully saturated rings. The van der Waals surface area contributed by atoms with Gasteiger partial charge in [-0.1, -0.05) is 29.8 Å². The largest absolute Gasteiger partial charge is 0.444 e. The van der Waals surface area contributed by atoms with E-state index in [0.717, 1.165) is 23.2 Å². The van der Waals surface area contributed by atoms with Crippen LogP contribution in [0.25, 0.3) is 11.3 Å². The van der Waals surface area contributed by atoms with E-state index in [9.17, 15) is 9.59 Å². The minimum Gasteiger partial charge on any atom is -0.444 e. The van der Waals surface area contributed by atoms with Gasteiger partial charge in [-0.3, -0.25) is 9.48 Å². The summed E-state index contributed by atoms with van der Waals surface area (Å²) >= 11 is 0. The number of carbonyl (C=O) groups is 2. The van der Waals surface area contributed by atoms with E-state index in [1.807, 2.05) is 49.5 Å². The van der Waals surface area contributed by atoms with Crippen LogP contribution in [0.5, 0.6) is 0 Å². The molecule has 1 unspecified atom stereocenters. The SMILES string of the molecule is Cc1cccc(Cn2cc(-c3nn([C@@H]4C[C@]56CN(C(=O)OC(C)(C)C)CC5[C@H]46)c(N)c3C(N)=O)c(C)n2)c1. The van der Waals surface area contributed by atoms with Crippen molar-refractivity contribution >= 4 is 17.8 Å². The second-order valence-electron chi connectivity index (χ2n) is 12.2. The zero-order chi connectivity index (χ0) is 27.1. The van der Waals surface area contributed by atoms with Crippen LogP contribution in [0.15, 0.2) is 30.5 Å². The molecule has 4 atom stereocenters. The highest BCUT2D eigenvalue weighted by molar-refractivity contribution is 6.03. The molecule has 0 bridgehead atoms. The Morgan fingerprint density at radius 3 is 2.63 bits per heavy atom. The summed E-state index contributed by atoms with van der Waals surface area (Å²) in [7, 11) is 0. The zero-order valence-electron chi connectivity index (χ0n) is 22.6. The number of nitrogens with two attached hydrogens (primary N) is 2. The topological polar surface area (TPSA) is 134 Å². The summed E-state index contributed by atoms with van der Waals surface area (Å²) in [6.07, 6.45) is 2.51. The van der Waals surface area contributed by atoms with E-state index in [0.29, 0.717) is 43.0 Å². The van der Waals surface area contributed by atoms with E-state index in [2.05, 4.69) is 30.2 Å². The number of benzene rings is 1. The smallest absolute Gasteiger partial charge is 0.410 e. The first-order chi connectivity index (χ1) is 17.9. The number of ether oxygens (including phenoxy) is 1. The maximum Gasteiger partial charge on any atom is 0.410 e. The van der Waals surface area contributed by atoms with Gasteiger partial charge in [0.25, 0.3) is 5.91 Å².